The third kappa shape index (κ3) is 8.23. The number of rotatable bonds is 10. The first-order valence-corrected chi connectivity index (χ1v) is 18.0. The number of anilines is 2. The summed E-state index contributed by atoms with van der Waals surface area (Å²) in [5.41, 5.74) is 5.90. The molecule has 5 rings (SSSR count). The zero-order valence-corrected chi connectivity index (χ0v) is 31.8. The zero-order valence-electron chi connectivity index (χ0n) is 31.8. The lowest BCUT2D eigenvalue weighted by molar-refractivity contribution is -0.150. The lowest BCUT2D eigenvalue weighted by Crippen LogP contribution is -2.56. The number of ketones is 1. The highest BCUT2D eigenvalue weighted by atomic mass is 16.5. The maximum Gasteiger partial charge on any atom is 0.235 e. The third-order valence-electron chi connectivity index (χ3n) is 10.4. The van der Waals surface area contributed by atoms with E-state index in [2.05, 4.69) is 43.5 Å². The van der Waals surface area contributed by atoms with Crippen molar-refractivity contribution >= 4 is 29.0 Å². The van der Waals surface area contributed by atoms with Crippen LogP contribution in [0.15, 0.2) is 78.9 Å². The molecule has 4 atom stereocenters. The van der Waals surface area contributed by atoms with E-state index in [-0.39, 0.29) is 11.8 Å². The number of hydrogen-bond donors (Lipinski definition) is 3. The molecular formula is C44H52N2O6. The molecule has 0 aromatic heterocycles. The van der Waals surface area contributed by atoms with Gasteiger partial charge in [0.15, 0.2) is 11.5 Å². The molecule has 1 aliphatic rings. The predicted molar refractivity (Wildman–Crippen MR) is 206 cm³/mol. The molecule has 8 heteroatoms. The van der Waals surface area contributed by atoms with Gasteiger partial charge in [-0.2, -0.15) is 0 Å². The van der Waals surface area contributed by atoms with Gasteiger partial charge in [-0.15, -0.1) is 0 Å². The topological polar surface area (TPSA) is 114 Å². The molecular weight excluding hydrogens is 652 g/mol. The summed E-state index contributed by atoms with van der Waals surface area (Å²) in [4.78, 5) is 42.7. The van der Waals surface area contributed by atoms with Crippen LogP contribution in [0.1, 0.15) is 85.9 Å². The zero-order chi connectivity index (χ0) is 38.0. The molecule has 0 heterocycles. The molecule has 0 saturated heterocycles. The van der Waals surface area contributed by atoms with E-state index in [1.165, 1.54) is 12.5 Å². The number of amides is 2. The number of nitrogens with one attached hydrogen (secondary N) is 2. The van der Waals surface area contributed by atoms with Gasteiger partial charge in [0.25, 0.3) is 0 Å². The van der Waals surface area contributed by atoms with Gasteiger partial charge in [-0.3, -0.25) is 14.4 Å². The monoisotopic (exact) mass is 704 g/mol. The van der Waals surface area contributed by atoms with Gasteiger partial charge < -0.3 is 25.2 Å². The van der Waals surface area contributed by atoms with Crippen LogP contribution in [0, 0.1) is 39.5 Å². The standard InChI is InChI=1S/C44H52N2O6/c1-10-51-37-23-31(19-22-36(37)52-25-30-17-20-32(21-18-30)43(6,7)8)38-39(41(48)45-33-15-11-13-26(2)28(33)4)35(47)24-44(9,50)40(38)42(49)46-34-16-12-14-27(3)29(34)5/h11-23,38-40,50H,10,24-25H2,1-9H3,(H,45,48)(H,46,49). The van der Waals surface area contributed by atoms with Crippen molar-refractivity contribution in [2.75, 3.05) is 17.2 Å². The number of hydrogen-bond acceptors (Lipinski definition) is 6. The van der Waals surface area contributed by atoms with Crippen LogP contribution in [0.4, 0.5) is 11.4 Å². The SMILES string of the molecule is CCOc1cc(C2C(C(=O)Nc3cccc(C)c3C)C(=O)CC(C)(O)C2C(=O)Nc2cccc(C)c2C)ccc1OCc1ccc(C(C)(C)C)cc1. The molecule has 8 nitrogen and oxygen atoms in total. The number of ether oxygens (including phenoxy) is 2. The first-order valence-electron chi connectivity index (χ1n) is 18.0. The van der Waals surface area contributed by atoms with E-state index in [1.54, 1.807) is 30.3 Å². The van der Waals surface area contributed by atoms with Crippen molar-refractivity contribution in [1.29, 1.82) is 0 Å². The molecule has 274 valence electrons. The van der Waals surface area contributed by atoms with Crippen molar-refractivity contribution < 1.29 is 29.0 Å². The van der Waals surface area contributed by atoms with Crippen molar-refractivity contribution in [3.8, 4) is 11.5 Å². The Hall–Kier alpha value is -4.95. The highest BCUT2D eigenvalue weighted by Crippen LogP contribution is 2.48. The molecule has 4 aromatic carbocycles. The first kappa shape index (κ1) is 38.3. The fourth-order valence-corrected chi connectivity index (χ4v) is 7.07. The normalized spacial score (nSPS) is 20.3. The maximum atomic E-state index is 14.4. The summed E-state index contributed by atoms with van der Waals surface area (Å²) in [7, 11) is 0. The summed E-state index contributed by atoms with van der Waals surface area (Å²) >= 11 is 0. The molecule has 1 fully saturated rings. The summed E-state index contributed by atoms with van der Waals surface area (Å²) in [5, 5.41) is 17.9. The smallest absolute Gasteiger partial charge is 0.235 e. The van der Waals surface area contributed by atoms with Gasteiger partial charge in [-0.25, -0.2) is 0 Å². The summed E-state index contributed by atoms with van der Waals surface area (Å²) in [6.45, 7) is 18.2. The van der Waals surface area contributed by atoms with Crippen molar-refractivity contribution in [2.24, 2.45) is 11.8 Å². The lowest BCUT2D eigenvalue weighted by atomic mass is 9.61. The lowest BCUT2D eigenvalue weighted by Gasteiger charge is -2.44. The van der Waals surface area contributed by atoms with Gasteiger partial charge >= 0.3 is 0 Å². The third-order valence-corrected chi connectivity index (χ3v) is 10.4. The number of aliphatic hydroxyl groups is 1. The van der Waals surface area contributed by atoms with E-state index in [4.69, 9.17) is 9.47 Å². The van der Waals surface area contributed by atoms with Gasteiger partial charge in [-0.05, 0) is 110 Å². The van der Waals surface area contributed by atoms with E-state index in [9.17, 15) is 19.5 Å². The molecule has 0 spiro atoms. The van der Waals surface area contributed by atoms with Gasteiger partial charge in [0.05, 0.1) is 18.1 Å². The summed E-state index contributed by atoms with van der Waals surface area (Å²) in [5.74, 6) is -4.09. The van der Waals surface area contributed by atoms with Crippen LogP contribution in [0.5, 0.6) is 11.5 Å². The van der Waals surface area contributed by atoms with Gasteiger partial charge in [-0.1, -0.05) is 75.4 Å². The Labute approximate surface area is 308 Å². The van der Waals surface area contributed by atoms with Crippen LogP contribution in [0.2, 0.25) is 0 Å². The van der Waals surface area contributed by atoms with Gasteiger partial charge in [0.1, 0.15) is 18.3 Å². The van der Waals surface area contributed by atoms with Crippen molar-refractivity contribution in [3.63, 3.8) is 0 Å². The molecule has 0 aliphatic heterocycles. The van der Waals surface area contributed by atoms with Crippen molar-refractivity contribution in [2.45, 2.75) is 92.3 Å². The minimum Gasteiger partial charge on any atom is -0.490 e. The second-order valence-electron chi connectivity index (χ2n) is 15.3. The molecule has 4 aromatic rings. The number of aryl methyl sites for hydroxylation is 2. The maximum absolute atomic E-state index is 14.4. The Morgan fingerprint density at radius 1 is 0.808 bits per heavy atom. The van der Waals surface area contributed by atoms with Crippen LogP contribution in [0.3, 0.4) is 0 Å². The minimum atomic E-state index is -1.76. The minimum absolute atomic E-state index is 0.0315. The number of benzene rings is 4. The Balaban J connectivity index is 1.56. The predicted octanol–water partition coefficient (Wildman–Crippen LogP) is 8.51. The molecule has 0 radical (unpaired) electrons. The second-order valence-corrected chi connectivity index (χ2v) is 15.3. The highest BCUT2D eigenvalue weighted by Gasteiger charge is 2.56. The van der Waals surface area contributed by atoms with E-state index in [0.717, 1.165) is 27.8 Å². The molecule has 0 bridgehead atoms. The van der Waals surface area contributed by atoms with Crippen molar-refractivity contribution in [3.05, 3.63) is 118 Å². The Morgan fingerprint density at radius 3 is 1.94 bits per heavy atom. The first-order chi connectivity index (χ1) is 24.5. The molecule has 1 saturated carbocycles. The fraction of sp³-hybridized carbons (Fsp3) is 0.386. The number of Topliss-reactive ketones (excluding diaryl/α,β-unsaturated/α-hetero) is 1. The molecule has 3 N–H and O–H groups in total. The fourth-order valence-electron chi connectivity index (χ4n) is 7.07. The van der Waals surface area contributed by atoms with E-state index >= 15 is 0 Å². The summed E-state index contributed by atoms with van der Waals surface area (Å²) < 4.78 is 12.3. The van der Waals surface area contributed by atoms with Crippen LogP contribution < -0.4 is 20.1 Å². The number of carbonyl (C=O) groups is 3. The van der Waals surface area contributed by atoms with Crippen LogP contribution in [-0.4, -0.2) is 34.9 Å². The average Bonchev–Trinajstić information content (AvgIpc) is 3.07. The molecule has 2 amide bonds. The Morgan fingerprint density at radius 2 is 1.38 bits per heavy atom. The highest BCUT2D eigenvalue weighted by molar-refractivity contribution is 6.10. The number of carbonyl (C=O) groups excluding carboxylic acids is 3. The van der Waals surface area contributed by atoms with Crippen LogP contribution in [0.25, 0.3) is 0 Å². The van der Waals surface area contributed by atoms with E-state index < -0.39 is 41.0 Å². The van der Waals surface area contributed by atoms with Gasteiger partial charge in [0.2, 0.25) is 11.8 Å². The molecule has 1 aliphatic carbocycles. The average molecular weight is 705 g/mol. The Bertz CT molecular complexity index is 1960. The van der Waals surface area contributed by atoms with Gasteiger partial charge in [0, 0.05) is 23.7 Å². The quantitative estimate of drug-likeness (QED) is 0.143. The molecule has 52 heavy (non-hydrogen) atoms. The van der Waals surface area contributed by atoms with Crippen molar-refractivity contribution in [1.82, 2.24) is 0 Å². The van der Waals surface area contributed by atoms with E-state index in [1.807, 2.05) is 71.0 Å². The summed E-state index contributed by atoms with van der Waals surface area (Å²) in [6.07, 6.45) is -0.368. The van der Waals surface area contributed by atoms with E-state index in [0.29, 0.717) is 41.7 Å². The molecule has 4 unspecified atom stereocenters. The largest absolute Gasteiger partial charge is 0.490 e. The van der Waals surface area contributed by atoms with Crippen LogP contribution >= 0.6 is 0 Å². The second kappa shape index (κ2) is 15.3. The van der Waals surface area contributed by atoms with Crippen LogP contribution in [-0.2, 0) is 26.4 Å². The summed E-state index contributed by atoms with van der Waals surface area (Å²) in [6, 6.07) is 24.7. The Kier molecular flexibility index (Phi) is 11.3.